The molecule has 0 aliphatic carbocycles. The topological polar surface area (TPSA) is 49.9 Å². The van der Waals surface area contributed by atoms with E-state index in [0.29, 0.717) is 5.84 Å². The molecular weight excluding hydrogens is 623 g/mol. The minimum absolute atomic E-state index is 0.329. The average molecular weight is 654 g/mol. The van der Waals surface area contributed by atoms with Gasteiger partial charge in [0.25, 0.3) is 0 Å². The Morgan fingerprint density at radius 2 is 1.08 bits per heavy atom. The predicted octanol–water partition coefficient (Wildman–Crippen LogP) is 11.7. The van der Waals surface area contributed by atoms with Crippen LogP contribution in [0, 0.1) is 0 Å². The summed E-state index contributed by atoms with van der Waals surface area (Å²) in [6.45, 7) is 0. The van der Waals surface area contributed by atoms with E-state index in [1.54, 1.807) is 0 Å². The highest BCUT2D eigenvalue weighted by Crippen LogP contribution is 2.40. The molecule has 0 spiro atoms. The lowest BCUT2D eigenvalue weighted by Gasteiger charge is -2.24. The van der Waals surface area contributed by atoms with Gasteiger partial charge in [-0.2, -0.15) is 0 Å². The molecule has 0 amide bonds. The first-order valence-corrected chi connectivity index (χ1v) is 17.3. The molecule has 0 fully saturated rings. The first-order chi connectivity index (χ1) is 25.2. The van der Waals surface area contributed by atoms with E-state index in [1.165, 1.54) is 16.2 Å². The second-order valence-corrected chi connectivity index (χ2v) is 13.1. The zero-order valence-corrected chi connectivity index (χ0v) is 27.6. The van der Waals surface area contributed by atoms with E-state index in [-0.39, 0.29) is 6.17 Å². The van der Waals surface area contributed by atoms with Gasteiger partial charge in [0.2, 0.25) is 0 Å². The summed E-state index contributed by atoms with van der Waals surface area (Å²) in [4.78, 5) is 10.3. The van der Waals surface area contributed by atoms with Crippen LogP contribution in [0.15, 0.2) is 190 Å². The van der Waals surface area contributed by atoms with Gasteiger partial charge in [-0.3, -0.25) is 0 Å². The molecule has 1 aliphatic rings. The monoisotopic (exact) mass is 653 g/mol. The van der Waals surface area contributed by atoms with Crippen LogP contribution in [0.3, 0.4) is 0 Å². The van der Waals surface area contributed by atoms with Crippen molar-refractivity contribution in [1.29, 1.82) is 0 Å². The third kappa shape index (κ3) is 5.25. The van der Waals surface area contributed by atoms with Crippen molar-refractivity contribution < 1.29 is 4.42 Å². The van der Waals surface area contributed by atoms with E-state index in [2.05, 4.69) is 163 Å². The SMILES string of the molecule is c1ccc(-c2cc(-c3ccc(C4N=C(c5ccc6ccccc6c5)N=C(c5ccc6ccccc6c5)N4)cc3)c3c(c2)oc2ccccc23)cc1. The average Bonchev–Trinajstić information content (AvgIpc) is 3.59. The molecule has 0 radical (unpaired) electrons. The van der Waals surface area contributed by atoms with Gasteiger partial charge >= 0.3 is 0 Å². The van der Waals surface area contributed by atoms with Gasteiger partial charge in [0.05, 0.1) is 0 Å². The van der Waals surface area contributed by atoms with Gasteiger partial charge in [0.1, 0.15) is 23.2 Å². The highest BCUT2D eigenvalue weighted by molar-refractivity contribution is 6.15. The van der Waals surface area contributed by atoms with Crippen LogP contribution in [0.2, 0.25) is 0 Å². The van der Waals surface area contributed by atoms with Crippen molar-refractivity contribution in [3.8, 4) is 22.3 Å². The number of amidine groups is 2. The lowest BCUT2D eigenvalue weighted by Crippen LogP contribution is -2.33. The smallest absolute Gasteiger partial charge is 0.159 e. The number of hydrogen-bond donors (Lipinski definition) is 1. The number of aliphatic imine (C=N–C) groups is 2. The van der Waals surface area contributed by atoms with Crippen LogP contribution in [-0.2, 0) is 0 Å². The van der Waals surface area contributed by atoms with Gasteiger partial charge in [-0.05, 0) is 79.7 Å². The first-order valence-electron chi connectivity index (χ1n) is 17.3. The van der Waals surface area contributed by atoms with Crippen LogP contribution in [0.4, 0.5) is 0 Å². The fraction of sp³-hybridized carbons (Fsp3) is 0.0213. The van der Waals surface area contributed by atoms with Crippen molar-refractivity contribution in [2.75, 3.05) is 0 Å². The van der Waals surface area contributed by atoms with E-state index >= 15 is 0 Å². The van der Waals surface area contributed by atoms with Crippen LogP contribution in [0.5, 0.6) is 0 Å². The molecule has 9 aromatic rings. The predicted molar refractivity (Wildman–Crippen MR) is 211 cm³/mol. The third-order valence-electron chi connectivity index (χ3n) is 9.90. The molecule has 0 saturated carbocycles. The maximum atomic E-state index is 6.42. The standard InChI is InChI=1S/C47H31N3O/c1-2-10-30(11-3-1)39-28-41(44-40-16-8-9-17-42(40)51-43(44)29-39)33-20-22-34(23-21-33)45-48-46(37-24-18-31-12-4-6-14-35(31)26-37)50-47(49-45)38-25-19-32-13-5-7-15-36(32)27-38/h1-29,45H,(H,48,49,50). The summed E-state index contributed by atoms with van der Waals surface area (Å²) in [5.41, 5.74) is 9.36. The highest BCUT2D eigenvalue weighted by Gasteiger charge is 2.22. The van der Waals surface area contributed by atoms with Crippen LogP contribution in [0.1, 0.15) is 22.9 Å². The second kappa shape index (κ2) is 12.0. The number of para-hydroxylation sites is 1. The largest absolute Gasteiger partial charge is 0.456 e. The number of nitrogens with zero attached hydrogens (tertiary/aromatic N) is 2. The first kappa shape index (κ1) is 29.2. The molecule has 2 heterocycles. The number of furan rings is 1. The Morgan fingerprint density at radius 1 is 0.451 bits per heavy atom. The highest BCUT2D eigenvalue weighted by atomic mass is 16.3. The lowest BCUT2D eigenvalue weighted by molar-refractivity contribution is 0.669. The zero-order chi connectivity index (χ0) is 33.7. The molecule has 51 heavy (non-hydrogen) atoms. The molecule has 240 valence electrons. The summed E-state index contributed by atoms with van der Waals surface area (Å²) in [5.74, 6) is 1.51. The maximum absolute atomic E-state index is 6.42. The Kier molecular flexibility index (Phi) is 6.85. The Balaban J connectivity index is 1.08. The molecule has 0 bridgehead atoms. The summed E-state index contributed by atoms with van der Waals surface area (Å²) in [6, 6.07) is 61.8. The third-order valence-corrected chi connectivity index (χ3v) is 9.90. The van der Waals surface area contributed by atoms with Crippen LogP contribution in [-0.4, -0.2) is 11.7 Å². The number of benzene rings is 8. The van der Waals surface area contributed by atoms with E-state index < -0.39 is 0 Å². The summed E-state index contributed by atoms with van der Waals surface area (Å²) in [6.07, 6.45) is -0.329. The fourth-order valence-corrected chi connectivity index (χ4v) is 7.29. The van der Waals surface area contributed by atoms with Gasteiger partial charge in [0.15, 0.2) is 5.84 Å². The molecule has 1 aromatic heterocycles. The summed E-state index contributed by atoms with van der Waals surface area (Å²) in [7, 11) is 0. The van der Waals surface area contributed by atoms with Crippen molar-refractivity contribution in [1.82, 2.24) is 5.32 Å². The quantitative estimate of drug-likeness (QED) is 0.201. The molecular formula is C47H31N3O. The Hall–Kier alpha value is -6.78. The van der Waals surface area contributed by atoms with Gasteiger partial charge in [-0.25, -0.2) is 9.98 Å². The minimum atomic E-state index is -0.329. The van der Waals surface area contributed by atoms with Crippen molar-refractivity contribution in [3.63, 3.8) is 0 Å². The van der Waals surface area contributed by atoms with Crippen LogP contribution >= 0.6 is 0 Å². The van der Waals surface area contributed by atoms with Crippen molar-refractivity contribution in [3.05, 3.63) is 193 Å². The zero-order valence-electron chi connectivity index (χ0n) is 27.6. The molecule has 1 N–H and O–H groups in total. The van der Waals surface area contributed by atoms with Crippen molar-refractivity contribution in [2.24, 2.45) is 9.98 Å². The number of rotatable bonds is 5. The van der Waals surface area contributed by atoms with Crippen LogP contribution < -0.4 is 5.32 Å². The molecule has 4 nitrogen and oxygen atoms in total. The van der Waals surface area contributed by atoms with E-state index in [0.717, 1.165) is 72.1 Å². The molecule has 1 unspecified atom stereocenters. The number of nitrogens with one attached hydrogen (secondary N) is 1. The molecule has 1 aliphatic heterocycles. The molecule has 10 rings (SSSR count). The van der Waals surface area contributed by atoms with Gasteiger partial charge in [0, 0.05) is 21.9 Å². The fourth-order valence-electron chi connectivity index (χ4n) is 7.29. The summed E-state index contributed by atoms with van der Waals surface area (Å²) >= 11 is 0. The minimum Gasteiger partial charge on any atom is -0.456 e. The van der Waals surface area contributed by atoms with Gasteiger partial charge < -0.3 is 9.73 Å². The molecule has 1 atom stereocenters. The number of hydrogen-bond acceptors (Lipinski definition) is 4. The van der Waals surface area contributed by atoms with E-state index in [9.17, 15) is 0 Å². The van der Waals surface area contributed by atoms with Gasteiger partial charge in [-0.1, -0.05) is 146 Å². The Bertz CT molecular complexity index is 2830. The number of fused-ring (bicyclic) bond motifs is 5. The Labute approximate surface area is 295 Å². The molecule has 4 heteroatoms. The van der Waals surface area contributed by atoms with Crippen LogP contribution in [0.25, 0.3) is 65.7 Å². The molecule has 0 saturated heterocycles. The maximum Gasteiger partial charge on any atom is 0.159 e. The lowest BCUT2D eigenvalue weighted by atomic mass is 9.94. The van der Waals surface area contributed by atoms with E-state index in [1.807, 2.05) is 18.2 Å². The van der Waals surface area contributed by atoms with Crippen molar-refractivity contribution in [2.45, 2.75) is 6.17 Å². The Morgan fingerprint density at radius 3 is 1.84 bits per heavy atom. The summed E-state index contributed by atoms with van der Waals surface area (Å²) < 4.78 is 6.42. The normalized spacial score (nSPS) is 14.5. The molecule has 8 aromatic carbocycles. The van der Waals surface area contributed by atoms with E-state index in [4.69, 9.17) is 14.4 Å². The second-order valence-electron chi connectivity index (χ2n) is 13.1. The summed E-state index contributed by atoms with van der Waals surface area (Å²) in [5, 5.41) is 10.6. The van der Waals surface area contributed by atoms with Crippen molar-refractivity contribution >= 4 is 55.2 Å². The van der Waals surface area contributed by atoms with Gasteiger partial charge in [-0.15, -0.1) is 0 Å².